The van der Waals surface area contributed by atoms with Crippen molar-refractivity contribution in [2.24, 2.45) is 0 Å². The van der Waals surface area contributed by atoms with E-state index in [1.165, 1.54) is 12.8 Å². The molecule has 0 spiro atoms. The van der Waals surface area contributed by atoms with Crippen LogP contribution in [0.3, 0.4) is 0 Å². The van der Waals surface area contributed by atoms with Gasteiger partial charge in [0.25, 0.3) is 0 Å². The van der Waals surface area contributed by atoms with E-state index in [1.54, 1.807) is 13.8 Å². The molecule has 0 amide bonds. The highest BCUT2D eigenvalue weighted by molar-refractivity contribution is 5.75. The minimum Gasteiger partial charge on any atom is -0.481 e. The smallest absolute Gasteiger partial charge is 0.303 e. The van der Waals surface area contributed by atoms with Crippen LogP contribution in [-0.4, -0.2) is 16.9 Å². The van der Waals surface area contributed by atoms with Gasteiger partial charge in [0, 0.05) is 12.8 Å². The van der Waals surface area contributed by atoms with Gasteiger partial charge in [0.05, 0.1) is 0 Å². The van der Waals surface area contributed by atoms with E-state index >= 15 is 0 Å². The molecule has 0 fully saturated rings. The average Bonchev–Trinajstić information content (AvgIpc) is 2.05. The number of Topliss-reactive ketones (excluding diaryl/α,β-unsaturated/α-hetero) is 1. The Hall–Kier alpha value is -0.860. The van der Waals surface area contributed by atoms with E-state index in [9.17, 15) is 9.59 Å². The van der Waals surface area contributed by atoms with Gasteiger partial charge in [-0.2, -0.15) is 0 Å². The van der Waals surface area contributed by atoms with Gasteiger partial charge in [0.2, 0.25) is 0 Å². The largest absolute Gasteiger partial charge is 0.481 e. The predicted octanol–water partition coefficient (Wildman–Crippen LogP) is 2.64. The number of carboxylic acid groups (broad SMARTS) is 1. The fourth-order valence-electron chi connectivity index (χ4n) is 0.624. The molecule has 0 saturated carbocycles. The maximum absolute atomic E-state index is 10.3. The van der Waals surface area contributed by atoms with Crippen LogP contribution < -0.4 is 0 Å². The summed E-state index contributed by atoms with van der Waals surface area (Å²) in [6.07, 6.45) is 4.46. The molecule has 78 valence electrons. The number of aliphatic carboxylic acids is 1. The van der Waals surface area contributed by atoms with Crippen molar-refractivity contribution in [2.45, 2.75) is 52.9 Å². The molecule has 0 aromatic rings. The van der Waals surface area contributed by atoms with E-state index in [2.05, 4.69) is 6.92 Å². The minimum absolute atomic E-state index is 0.222. The average molecular weight is 188 g/mol. The number of carbonyl (C=O) groups is 2. The lowest BCUT2D eigenvalue weighted by Gasteiger charge is -1.90. The van der Waals surface area contributed by atoms with E-state index in [-0.39, 0.29) is 6.42 Å². The Kier molecular flexibility index (Phi) is 12.6. The first kappa shape index (κ1) is 14.7. The SMILES string of the molecule is CCC(=O)O.CCCCCC(C)=O. The molecule has 0 aliphatic rings. The lowest BCUT2D eigenvalue weighted by molar-refractivity contribution is -0.136. The van der Waals surface area contributed by atoms with Gasteiger partial charge in [-0.25, -0.2) is 0 Å². The number of carboxylic acids is 1. The number of hydrogen-bond donors (Lipinski definition) is 1. The van der Waals surface area contributed by atoms with Crippen LogP contribution in [0, 0.1) is 0 Å². The molecule has 0 heterocycles. The van der Waals surface area contributed by atoms with Crippen molar-refractivity contribution in [3.63, 3.8) is 0 Å². The zero-order valence-corrected chi connectivity index (χ0v) is 8.80. The standard InChI is InChI=1S/C7H14O.C3H6O2/c1-3-4-5-6-7(2)8;1-2-3(4)5/h3-6H2,1-2H3;2H2,1H3,(H,4,5). The first-order valence-electron chi connectivity index (χ1n) is 4.75. The molecule has 0 aromatic heterocycles. The topological polar surface area (TPSA) is 54.4 Å². The highest BCUT2D eigenvalue weighted by Gasteiger charge is 1.89. The van der Waals surface area contributed by atoms with Crippen LogP contribution in [0.1, 0.15) is 52.9 Å². The fourth-order valence-corrected chi connectivity index (χ4v) is 0.624. The van der Waals surface area contributed by atoms with Crippen molar-refractivity contribution in [3.05, 3.63) is 0 Å². The van der Waals surface area contributed by atoms with E-state index in [0.29, 0.717) is 5.78 Å². The molecule has 3 heteroatoms. The highest BCUT2D eigenvalue weighted by Crippen LogP contribution is 1.98. The molecule has 1 N–H and O–H groups in total. The van der Waals surface area contributed by atoms with Crippen LogP contribution in [0.25, 0.3) is 0 Å². The van der Waals surface area contributed by atoms with Gasteiger partial charge in [-0.15, -0.1) is 0 Å². The first-order chi connectivity index (χ1) is 6.04. The summed E-state index contributed by atoms with van der Waals surface area (Å²) in [4.78, 5) is 19.7. The summed E-state index contributed by atoms with van der Waals surface area (Å²) in [5, 5.41) is 7.72. The van der Waals surface area contributed by atoms with Gasteiger partial charge >= 0.3 is 5.97 Å². The summed E-state index contributed by atoms with van der Waals surface area (Å²) in [6.45, 7) is 5.39. The maximum atomic E-state index is 10.3. The Bertz CT molecular complexity index is 141. The van der Waals surface area contributed by atoms with Gasteiger partial charge in [0.1, 0.15) is 5.78 Å². The van der Waals surface area contributed by atoms with Crippen LogP contribution >= 0.6 is 0 Å². The molecule has 3 nitrogen and oxygen atoms in total. The van der Waals surface area contributed by atoms with Crippen molar-refractivity contribution in [1.29, 1.82) is 0 Å². The molecule has 0 aromatic carbocycles. The molecule has 0 radical (unpaired) electrons. The molecule has 0 rings (SSSR count). The van der Waals surface area contributed by atoms with Gasteiger partial charge in [0.15, 0.2) is 0 Å². The van der Waals surface area contributed by atoms with Crippen LogP contribution in [0.4, 0.5) is 0 Å². The number of rotatable bonds is 5. The van der Waals surface area contributed by atoms with Gasteiger partial charge < -0.3 is 9.90 Å². The van der Waals surface area contributed by atoms with E-state index < -0.39 is 5.97 Å². The molecule has 13 heavy (non-hydrogen) atoms. The second kappa shape index (κ2) is 11.1. The summed E-state index contributed by atoms with van der Waals surface area (Å²) in [5.74, 6) is -0.427. The molecule has 0 atom stereocenters. The number of hydrogen-bond acceptors (Lipinski definition) is 2. The summed E-state index contributed by atoms with van der Waals surface area (Å²) >= 11 is 0. The lowest BCUT2D eigenvalue weighted by Crippen LogP contribution is -1.87. The molecule has 0 unspecified atom stereocenters. The zero-order valence-electron chi connectivity index (χ0n) is 8.80. The summed E-state index contributed by atoms with van der Waals surface area (Å²) in [6, 6.07) is 0. The zero-order chi connectivity index (χ0) is 10.7. The second-order valence-corrected chi connectivity index (χ2v) is 2.91. The minimum atomic E-state index is -0.745. The van der Waals surface area contributed by atoms with Gasteiger partial charge in [-0.05, 0) is 13.3 Å². The van der Waals surface area contributed by atoms with Crippen LogP contribution in [0.15, 0.2) is 0 Å². The number of ketones is 1. The monoisotopic (exact) mass is 188 g/mol. The van der Waals surface area contributed by atoms with Crippen molar-refractivity contribution < 1.29 is 14.7 Å². The van der Waals surface area contributed by atoms with Crippen LogP contribution in [0.2, 0.25) is 0 Å². The molecule has 0 aliphatic heterocycles. The van der Waals surface area contributed by atoms with E-state index in [0.717, 1.165) is 12.8 Å². The van der Waals surface area contributed by atoms with E-state index in [1.807, 2.05) is 0 Å². The first-order valence-corrected chi connectivity index (χ1v) is 4.75. The summed E-state index contributed by atoms with van der Waals surface area (Å²) in [7, 11) is 0. The predicted molar refractivity (Wildman–Crippen MR) is 52.7 cm³/mol. The molecule has 0 bridgehead atoms. The van der Waals surface area contributed by atoms with Crippen LogP contribution in [-0.2, 0) is 9.59 Å². The normalized spacial score (nSPS) is 8.54. The van der Waals surface area contributed by atoms with Gasteiger partial charge in [-0.1, -0.05) is 26.7 Å². The van der Waals surface area contributed by atoms with Crippen LogP contribution in [0.5, 0.6) is 0 Å². The van der Waals surface area contributed by atoms with Gasteiger partial charge in [-0.3, -0.25) is 4.79 Å². The summed E-state index contributed by atoms with van der Waals surface area (Å²) < 4.78 is 0. The Morgan fingerprint density at radius 1 is 1.15 bits per heavy atom. The van der Waals surface area contributed by atoms with Crippen molar-refractivity contribution in [2.75, 3.05) is 0 Å². The summed E-state index contributed by atoms with van der Waals surface area (Å²) in [5.41, 5.74) is 0. The molecule has 0 aliphatic carbocycles. The maximum Gasteiger partial charge on any atom is 0.303 e. The Balaban J connectivity index is 0. The molecular weight excluding hydrogens is 168 g/mol. The third-order valence-electron chi connectivity index (χ3n) is 1.43. The quantitative estimate of drug-likeness (QED) is 0.675. The molecular formula is C10H20O3. The van der Waals surface area contributed by atoms with E-state index in [4.69, 9.17) is 5.11 Å². The number of unbranched alkanes of at least 4 members (excludes halogenated alkanes) is 2. The van der Waals surface area contributed by atoms with Crippen molar-refractivity contribution in [3.8, 4) is 0 Å². The van der Waals surface area contributed by atoms with Crippen molar-refractivity contribution >= 4 is 11.8 Å². The molecule has 0 saturated heterocycles. The highest BCUT2D eigenvalue weighted by atomic mass is 16.4. The fraction of sp³-hybridized carbons (Fsp3) is 0.800. The lowest BCUT2D eigenvalue weighted by atomic mass is 10.2. The number of carbonyl (C=O) groups excluding carboxylic acids is 1. The Labute approximate surface area is 80.1 Å². The van der Waals surface area contributed by atoms with Crippen molar-refractivity contribution in [1.82, 2.24) is 0 Å². The second-order valence-electron chi connectivity index (χ2n) is 2.91. The third-order valence-corrected chi connectivity index (χ3v) is 1.43. The third kappa shape index (κ3) is 24.7. The Morgan fingerprint density at radius 3 is 1.85 bits per heavy atom. The Morgan fingerprint density at radius 2 is 1.62 bits per heavy atom.